The van der Waals surface area contributed by atoms with Gasteiger partial charge < -0.3 is 29.6 Å². The maximum absolute atomic E-state index is 12.7. The van der Waals surface area contributed by atoms with Gasteiger partial charge in [0.15, 0.2) is 17.5 Å². The number of ether oxygens (including phenoxy) is 4. The largest absolute Gasteiger partial charge is 0.493 e. The van der Waals surface area contributed by atoms with Crippen molar-refractivity contribution in [1.82, 2.24) is 4.90 Å². The number of hydrogen-bond donors (Lipinski definition) is 1. The van der Waals surface area contributed by atoms with Crippen molar-refractivity contribution in [2.24, 2.45) is 15.7 Å². The molecule has 2 aromatic rings. The number of nitrogens with zero attached hydrogens (tertiary/aromatic N) is 3. The molecule has 0 aliphatic carbocycles. The minimum Gasteiger partial charge on any atom is -0.493 e. The fourth-order valence-electron chi connectivity index (χ4n) is 4.75. The zero-order valence-corrected chi connectivity index (χ0v) is 20.0. The van der Waals surface area contributed by atoms with E-state index in [1.54, 1.807) is 19.2 Å². The van der Waals surface area contributed by atoms with E-state index in [4.69, 9.17) is 29.7 Å². The number of rotatable bonds is 5. The first kappa shape index (κ1) is 23.3. The average Bonchev–Trinajstić information content (AvgIpc) is 3.37. The molecule has 35 heavy (non-hydrogen) atoms. The summed E-state index contributed by atoms with van der Waals surface area (Å²) < 4.78 is 22.5. The summed E-state index contributed by atoms with van der Waals surface area (Å²) in [6.45, 7) is 6.11. The van der Waals surface area contributed by atoms with E-state index in [-0.39, 0.29) is 23.8 Å². The van der Waals surface area contributed by atoms with Crippen LogP contribution in [0.1, 0.15) is 39.9 Å². The van der Waals surface area contributed by atoms with Gasteiger partial charge in [-0.25, -0.2) is 0 Å². The Bertz CT molecular complexity index is 1160. The van der Waals surface area contributed by atoms with Crippen molar-refractivity contribution < 1.29 is 23.7 Å². The van der Waals surface area contributed by atoms with E-state index in [0.717, 1.165) is 28.2 Å². The van der Waals surface area contributed by atoms with Gasteiger partial charge in [-0.2, -0.15) is 4.99 Å². The molecule has 0 spiro atoms. The van der Waals surface area contributed by atoms with Crippen molar-refractivity contribution in [3.8, 4) is 11.5 Å². The van der Waals surface area contributed by atoms with Crippen LogP contribution in [0.3, 0.4) is 0 Å². The van der Waals surface area contributed by atoms with Gasteiger partial charge in [0.05, 0.1) is 51.9 Å². The Balaban J connectivity index is 1.44. The van der Waals surface area contributed by atoms with E-state index in [2.05, 4.69) is 11.1 Å². The molecular formula is C26H30N4O5. The normalized spacial score (nSPS) is 21.7. The second-order valence-corrected chi connectivity index (χ2v) is 8.66. The Kier molecular flexibility index (Phi) is 6.70. The Labute approximate surface area is 204 Å². The standard InChI is InChI=1S/C26H30N4O5/c1-3-35-23-12-18-19(13-22(23)32-2)24(28-21-15-34-14-20(18)21)16-4-6-17(7-5-16)25(31)29-26(27)30-8-10-33-11-9-30/h4-7,12-13,20-21H,3,8-11,14-15H2,1-2H3,(H2,27,29,31)/t20-,21-/m1/s1. The molecule has 0 radical (unpaired) electrons. The van der Waals surface area contributed by atoms with E-state index in [0.29, 0.717) is 57.4 Å². The molecule has 2 saturated heterocycles. The third-order valence-electron chi connectivity index (χ3n) is 6.59. The van der Waals surface area contributed by atoms with Gasteiger partial charge in [0.25, 0.3) is 5.91 Å². The van der Waals surface area contributed by atoms with E-state index < -0.39 is 0 Å². The van der Waals surface area contributed by atoms with Crippen molar-refractivity contribution in [3.63, 3.8) is 0 Å². The second kappa shape index (κ2) is 10.1. The number of methoxy groups -OCH3 is 1. The number of guanidine groups is 1. The first-order valence-corrected chi connectivity index (χ1v) is 11.9. The summed E-state index contributed by atoms with van der Waals surface area (Å²) in [6.07, 6.45) is 0. The molecule has 9 nitrogen and oxygen atoms in total. The molecule has 0 unspecified atom stereocenters. The van der Waals surface area contributed by atoms with Gasteiger partial charge in [0, 0.05) is 35.7 Å². The summed E-state index contributed by atoms with van der Waals surface area (Å²) in [5.74, 6) is 1.40. The van der Waals surface area contributed by atoms with E-state index in [1.807, 2.05) is 30.0 Å². The second-order valence-electron chi connectivity index (χ2n) is 8.66. The maximum atomic E-state index is 12.7. The van der Waals surface area contributed by atoms with Crippen LogP contribution in [0.25, 0.3) is 0 Å². The first-order chi connectivity index (χ1) is 17.1. The average molecular weight is 479 g/mol. The maximum Gasteiger partial charge on any atom is 0.280 e. The topological polar surface area (TPSA) is 108 Å². The summed E-state index contributed by atoms with van der Waals surface area (Å²) in [7, 11) is 1.63. The lowest BCUT2D eigenvalue weighted by Gasteiger charge is -2.27. The lowest BCUT2D eigenvalue weighted by atomic mass is 9.83. The monoisotopic (exact) mass is 478 g/mol. The predicted octanol–water partition coefficient (Wildman–Crippen LogP) is 2.21. The molecule has 0 saturated carbocycles. The van der Waals surface area contributed by atoms with Crippen molar-refractivity contribution in [1.29, 1.82) is 0 Å². The van der Waals surface area contributed by atoms with Gasteiger partial charge in [0.1, 0.15) is 0 Å². The van der Waals surface area contributed by atoms with Crippen molar-refractivity contribution in [2.45, 2.75) is 18.9 Å². The van der Waals surface area contributed by atoms with Crippen molar-refractivity contribution in [2.75, 3.05) is 53.2 Å². The van der Waals surface area contributed by atoms with Crippen LogP contribution < -0.4 is 15.2 Å². The zero-order chi connectivity index (χ0) is 24.4. The highest BCUT2D eigenvalue weighted by atomic mass is 16.5. The molecule has 2 aromatic carbocycles. The summed E-state index contributed by atoms with van der Waals surface area (Å²) in [4.78, 5) is 23.7. The number of carbonyl (C=O) groups is 1. The van der Waals surface area contributed by atoms with E-state index >= 15 is 0 Å². The number of amides is 1. The minimum absolute atomic E-state index is 0.0413. The first-order valence-electron chi connectivity index (χ1n) is 11.9. The van der Waals surface area contributed by atoms with Gasteiger partial charge in [-0.05, 0) is 36.8 Å². The number of carbonyl (C=O) groups excluding carboxylic acids is 1. The van der Waals surface area contributed by atoms with Crippen LogP contribution in [-0.2, 0) is 9.47 Å². The lowest BCUT2D eigenvalue weighted by molar-refractivity contribution is 0.0671. The fraction of sp³-hybridized carbons (Fsp3) is 0.423. The number of hydrogen-bond acceptors (Lipinski definition) is 6. The molecule has 2 N–H and O–H groups in total. The summed E-state index contributed by atoms with van der Waals surface area (Å²) in [6, 6.07) is 11.4. The molecule has 0 aromatic heterocycles. The van der Waals surface area contributed by atoms with Gasteiger partial charge >= 0.3 is 0 Å². The Morgan fingerprint density at radius 2 is 1.91 bits per heavy atom. The molecule has 3 heterocycles. The third kappa shape index (κ3) is 4.61. The number of aliphatic imine (C=N–C) groups is 2. The molecule has 9 heteroatoms. The molecular weight excluding hydrogens is 448 g/mol. The highest BCUT2D eigenvalue weighted by molar-refractivity contribution is 6.15. The van der Waals surface area contributed by atoms with Crippen LogP contribution in [0, 0.1) is 0 Å². The number of nitrogens with two attached hydrogens (primary N) is 1. The summed E-state index contributed by atoms with van der Waals surface area (Å²) in [5, 5.41) is 0. The van der Waals surface area contributed by atoms with Gasteiger partial charge in [0.2, 0.25) is 0 Å². The van der Waals surface area contributed by atoms with Crippen LogP contribution in [0.15, 0.2) is 46.4 Å². The third-order valence-corrected chi connectivity index (χ3v) is 6.59. The zero-order valence-electron chi connectivity index (χ0n) is 20.0. The predicted molar refractivity (Wildman–Crippen MR) is 132 cm³/mol. The Morgan fingerprint density at radius 1 is 1.14 bits per heavy atom. The highest BCUT2D eigenvalue weighted by Crippen LogP contribution is 2.41. The van der Waals surface area contributed by atoms with Crippen LogP contribution in [0.5, 0.6) is 11.5 Å². The smallest absolute Gasteiger partial charge is 0.280 e. The van der Waals surface area contributed by atoms with Gasteiger partial charge in [-0.3, -0.25) is 9.79 Å². The van der Waals surface area contributed by atoms with Crippen LogP contribution in [-0.4, -0.2) is 81.8 Å². The van der Waals surface area contributed by atoms with Crippen molar-refractivity contribution >= 4 is 17.6 Å². The van der Waals surface area contributed by atoms with Gasteiger partial charge in [-0.15, -0.1) is 0 Å². The highest BCUT2D eigenvalue weighted by Gasteiger charge is 2.37. The number of fused-ring (bicyclic) bond motifs is 3. The SMILES string of the molecule is CCOc1cc2c(cc1OC)C(c1ccc(C(=O)N=C(N)N3CCOCC3)cc1)=N[C@@H]1COC[C@H]21. The van der Waals surface area contributed by atoms with Crippen LogP contribution in [0.4, 0.5) is 0 Å². The number of benzene rings is 2. The molecule has 2 atom stereocenters. The summed E-state index contributed by atoms with van der Waals surface area (Å²) in [5.41, 5.74) is 10.4. The Hall–Kier alpha value is -3.43. The molecule has 5 rings (SSSR count). The number of morpholine rings is 1. The molecule has 3 aliphatic heterocycles. The molecule has 0 bridgehead atoms. The fourth-order valence-corrected chi connectivity index (χ4v) is 4.75. The molecule has 2 fully saturated rings. The van der Waals surface area contributed by atoms with E-state index in [1.165, 1.54) is 0 Å². The van der Waals surface area contributed by atoms with Crippen molar-refractivity contribution in [3.05, 3.63) is 58.7 Å². The lowest BCUT2D eigenvalue weighted by Crippen LogP contribution is -2.45. The van der Waals surface area contributed by atoms with Crippen LogP contribution in [0.2, 0.25) is 0 Å². The quantitative estimate of drug-likeness (QED) is 0.519. The Morgan fingerprint density at radius 3 is 2.63 bits per heavy atom. The molecule has 3 aliphatic rings. The summed E-state index contributed by atoms with van der Waals surface area (Å²) >= 11 is 0. The molecule has 1 amide bonds. The van der Waals surface area contributed by atoms with E-state index in [9.17, 15) is 4.79 Å². The molecule has 184 valence electrons. The minimum atomic E-state index is -0.376. The van der Waals surface area contributed by atoms with Gasteiger partial charge in [-0.1, -0.05) is 12.1 Å². The van der Waals surface area contributed by atoms with Crippen LogP contribution >= 0.6 is 0 Å².